The van der Waals surface area contributed by atoms with Crippen LogP contribution in [0.5, 0.6) is 0 Å². The van der Waals surface area contributed by atoms with Crippen LogP contribution >= 0.6 is 0 Å². The van der Waals surface area contributed by atoms with Crippen molar-refractivity contribution in [1.29, 1.82) is 0 Å². The van der Waals surface area contributed by atoms with Gasteiger partial charge in [-0.15, -0.1) is 0 Å². The van der Waals surface area contributed by atoms with Crippen molar-refractivity contribution in [2.75, 3.05) is 0 Å². The quantitative estimate of drug-likeness (QED) is 0.431. The minimum atomic E-state index is 0.427. The molecule has 4 rings (SSSR count). The number of rotatable bonds is 1. The van der Waals surface area contributed by atoms with Gasteiger partial charge in [0.2, 0.25) is 0 Å². The fourth-order valence-electron chi connectivity index (χ4n) is 2.22. The average Bonchev–Trinajstić information content (AvgIpc) is 2.53. The number of nitrogens with zero attached hydrogens (tertiary/aromatic N) is 1. The number of pyridine rings is 1. The van der Waals surface area contributed by atoms with Gasteiger partial charge in [0.05, 0.1) is 0 Å². The summed E-state index contributed by atoms with van der Waals surface area (Å²) in [5, 5.41) is 0. The Morgan fingerprint density at radius 3 is 2.10 bits per heavy atom. The summed E-state index contributed by atoms with van der Waals surface area (Å²) in [4.78, 5) is 4.45. The molecule has 0 saturated heterocycles. The summed E-state index contributed by atoms with van der Waals surface area (Å²) in [5.41, 5.74) is 2.30. The van der Waals surface area contributed by atoms with Gasteiger partial charge >= 0.3 is 131 Å². The topological polar surface area (TPSA) is 12.9 Å². The van der Waals surface area contributed by atoms with Crippen LogP contribution in [0.4, 0.5) is 0 Å². The standard InChI is InChI=1S/C17H11NSe2/c1-2-7-15-14(6-1)19-16-9-8-12(11-17(16)20-15)13-5-3-4-10-18-13/h1-11H. The number of benzene rings is 2. The average molecular weight is 387 g/mol. The van der Waals surface area contributed by atoms with E-state index in [4.69, 9.17) is 0 Å². The SMILES string of the molecule is c1ccc(-c2ccc3c(c2)[Se]c2ccccc2[Se]3)nc1. The van der Waals surface area contributed by atoms with Crippen LogP contribution in [0.2, 0.25) is 0 Å². The first-order chi connectivity index (χ1) is 9.90. The fourth-order valence-corrected chi connectivity index (χ4v) is 7.72. The molecule has 0 spiro atoms. The zero-order chi connectivity index (χ0) is 13.4. The summed E-state index contributed by atoms with van der Waals surface area (Å²) in [5.74, 6) is 0. The number of hydrogen-bond donors (Lipinski definition) is 0. The van der Waals surface area contributed by atoms with Crippen molar-refractivity contribution in [2.24, 2.45) is 0 Å². The van der Waals surface area contributed by atoms with Crippen molar-refractivity contribution in [3.05, 3.63) is 66.9 Å². The van der Waals surface area contributed by atoms with Crippen molar-refractivity contribution in [2.45, 2.75) is 0 Å². The Bertz CT molecular complexity index is 769. The van der Waals surface area contributed by atoms with Crippen LogP contribution in [0, 0.1) is 0 Å². The predicted octanol–water partition coefficient (Wildman–Crippen LogP) is 0.372. The molecule has 2 aromatic carbocycles. The van der Waals surface area contributed by atoms with Crippen LogP contribution in [-0.2, 0) is 0 Å². The first-order valence-corrected chi connectivity index (χ1v) is 9.83. The molecule has 0 amide bonds. The maximum absolute atomic E-state index is 4.45. The molecule has 0 radical (unpaired) electrons. The molecule has 0 atom stereocenters. The Kier molecular flexibility index (Phi) is 3.22. The third-order valence-electron chi connectivity index (χ3n) is 3.19. The van der Waals surface area contributed by atoms with Crippen molar-refractivity contribution < 1.29 is 0 Å². The van der Waals surface area contributed by atoms with E-state index in [0.717, 1.165) is 5.69 Å². The van der Waals surface area contributed by atoms with Crippen LogP contribution in [-0.4, -0.2) is 34.9 Å². The van der Waals surface area contributed by atoms with E-state index in [1.54, 1.807) is 8.92 Å². The van der Waals surface area contributed by atoms with E-state index in [-0.39, 0.29) is 0 Å². The molecular formula is C17H11NSe2. The summed E-state index contributed by atoms with van der Waals surface area (Å²) in [6.45, 7) is 0. The van der Waals surface area contributed by atoms with Crippen molar-refractivity contribution in [3.8, 4) is 11.3 Å². The van der Waals surface area contributed by atoms with Gasteiger partial charge in [-0.05, 0) is 0 Å². The molecule has 0 N–H and O–H groups in total. The van der Waals surface area contributed by atoms with E-state index in [2.05, 4.69) is 53.5 Å². The van der Waals surface area contributed by atoms with Gasteiger partial charge in [0.15, 0.2) is 0 Å². The predicted molar refractivity (Wildman–Crippen MR) is 86.2 cm³/mol. The van der Waals surface area contributed by atoms with E-state index in [1.807, 2.05) is 18.3 Å². The number of aromatic nitrogens is 1. The second-order valence-electron chi connectivity index (χ2n) is 4.53. The minimum absolute atomic E-state index is 0.427. The molecule has 0 aliphatic carbocycles. The van der Waals surface area contributed by atoms with E-state index in [0.29, 0.717) is 29.9 Å². The van der Waals surface area contributed by atoms with Gasteiger partial charge in [-0.25, -0.2) is 0 Å². The monoisotopic (exact) mass is 389 g/mol. The summed E-state index contributed by atoms with van der Waals surface area (Å²) in [6, 6.07) is 21.8. The van der Waals surface area contributed by atoms with Crippen LogP contribution in [0.15, 0.2) is 66.9 Å². The zero-order valence-electron chi connectivity index (χ0n) is 10.6. The van der Waals surface area contributed by atoms with Crippen LogP contribution in [0.25, 0.3) is 11.3 Å². The molecule has 1 aliphatic rings. The third kappa shape index (κ3) is 2.24. The second kappa shape index (κ2) is 5.20. The fraction of sp³-hybridized carbons (Fsp3) is 0. The number of fused-ring (bicyclic) bond motifs is 2. The molecule has 1 nitrogen and oxygen atoms in total. The van der Waals surface area contributed by atoms with E-state index < -0.39 is 0 Å². The van der Waals surface area contributed by atoms with Gasteiger partial charge in [-0.1, -0.05) is 0 Å². The zero-order valence-corrected chi connectivity index (χ0v) is 14.0. The Labute approximate surface area is 130 Å². The van der Waals surface area contributed by atoms with Crippen molar-refractivity contribution >= 4 is 47.8 Å². The van der Waals surface area contributed by atoms with Gasteiger partial charge in [0.1, 0.15) is 0 Å². The molecule has 1 aliphatic heterocycles. The van der Waals surface area contributed by atoms with E-state index in [1.165, 1.54) is 14.5 Å². The molecular weight excluding hydrogens is 376 g/mol. The first kappa shape index (κ1) is 12.4. The normalized spacial score (nSPS) is 12.6. The van der Waals surface area contributed by atoms with Crippen molar-refractivity contribution in [3.63, 3.8) is 0 Å². The van der Waals surface area contributed by atoms with Crippen molar-refractivity contribution in [1.82, 2.24) is 4.98 Å². The molecule has 2 heterocycles. The van der Waals surface area contributed by atoms with Gasteiger partial charge in [0.25, 0.3) is 0 Å². The van der Waals surface area contributed by atoms with Gasteiger partial charge in [0, 0.05) is 0 Å². The Hall–Kier alpha value is -1.37. The van der Waals surface area contributed by atoms with E-state index in [9.17, 15) is 0 Å². The van der Waals surface area contributed by atoms with Crippen LogP contribution in [0.1, 0.15) is 0 Å². The maximum atomic E-state index is 4.45. The molecule has 3 aromatic rings. The Morgan fingerprint density at radius 1 is 0.650 bits per heavy atom. The molecule has 0 unspecified atom stereocenters. The van der Waals surface area contributed by atoms with Gasteiger partial charge in [-0.2, -0.15) is 0 Å². The van der Waals surface area contributed by atoms with Gasteiger partial charge in [-0.3, -0.25) is 0 Å². The summed E-state index contributed by atoms with van der Waals surface area (Å²) >= 11 is 0.880. The van der Waals surface area contributed by atoms with Crippen LogP contribution in [0.3, 0.4) is 0 Å². The summed E-state index contributed by atoms with van der Waals surface area (Å²) in [7, 11) is 0. The molecule has 0 fully saturated rings. The first-order valence-electron chi connectivity index (χ1n) is 6.40. The third-order valence-corrected chi connectivity index (χ3v) is 9.30. The molecule has 1 aromatic heterocycles. The molecule has 0 saturated carbocycles. The summed E-state index contributed by atoms with van der Waals surface area (Å²) in [6.07, 6.45) is 1.86. The van der Waals surface area contributed by atoms with E-state index >= 15 is 0 Å². The molecule has 0 bridgehead atoms. The molecule has 20 heavy (non-hydrogen) atoms. The Morgan fingerprint density at radius 2 is 1.35 bits per heavy atom. The number of hydrogen-bond acceptors (Lipinski definition) is 1. The molecule has 96 valence electrons. The Balaban J connectivity index is 1.77. The second-order valence-corrected chi connectivity index (χ2v) is 9.08. The van der Waals surface area contributed by atoms with Crippen LogP contribution < -0.4 is 17.8 Å². The van der Waals surface area contributed by atoms with Gasteiger partial charge < -0.3 is 0 Å². The summed E-state index contributed by atoms with van der Waals surface area (Å²) < 4.78 is 6.17. The molecule has 3 heteroatoms.